The van der Waals surface area contributed by atoms with Gasteiger partial charge in [-0.05, 0) is 53.9 Å². The molecule has 2 atom stereocenters. The minimum atomic E-state index is -0.825. The first-order chi connectivity index (χ1) is 8.16. The lowest BCUT2D eigenvalue weighted by atomic mass is 9.85. The smallest absolute Gasteiger partial charge is 0.316 e. The van der Waals surface area contributed by atoms with Crippen LogP contribution in [0.25, 0.3) is 0 Å². The summed E-state index contributed by atoms with van der Waals surface area (Å²) in [6.07, 6.45) is 2.62. The monoisotopic (exact) mass is 256 g/mol. The predicted octanol–water partition coefficient (Wildman–Crippen LogP) is 2.49. The highest BCUT2D eigenvalue weighted by molar-refractivity contribution is 6.03. The summed E-state index contributed by atoms with van der Waals surface area (Å²) in [7, 11) is 0. The quantitative estimate of drug-likeness (QED) is 0.575. The zero-order chi connectivity index (χ0) is 14.0. The zero-order valence-electron chi connectivity index (χ0n) is 12.0. The number of esters is 1. The van der Waals surface area contributed by atoms with Crippen molar-refractivity contribution in [1.82, 2.24) is 0 Å². The average molecular weight is 256 g/mol. The fraction of sp³-hybridized carbons (Fsp3) is 0.857. The SMILES string of the molecule is CC(C(=O)OC(C)(C)C)C(=O)C1(C)CCCCO1. The van der Waals surface area contributed by atoms with Gasteiger partial charge in [0.2, 0.25) is 0 Å². The minimum Gasteiger partial charge on any atom is -0.459 e. The molecule has 0 amide bonds. The Morgan fingerprint density at radius 1 is 1.28 bits per heavy atom. The van der Waals surface area contributed by atoms with Crippen molar-refractivity contribution in [3.8, 4) is 0 Å². The van der Waals surface area contributed by atoms with Crippen LogP contribution in [-0.2, 0) is 19.1 Å². The van der Waals surface area contributed by atoms with E-state index in [1.54, 1.807) is 34.6 Å². The van der Waals surface area contributed by atoms with E-state index in [1.807, 2.05) is 0 Å². The van der Waals surface area contributed by atoms with E-state index in [0.29, 0.717) is 13.0 Å². The second-order valence-corrected chi connectivity index (χ2v) is 6.16. The van der Waals surface area contributed by atoms with Crippen LogP contribution in [0.5, 0.6) is 0 Å². The highest BCUT2D eigenvalue weighted by atomic mass is 16.6. The van der Waals surface area contributed by atoms with Crippen molar-refractivity contribution in [2.24, 2.45) is 5.92 Å². The lowest BCUT2D eigenvalue weighted by molar-refractivity contribution is -0.169. The summed E-state index contributed by atoms with van der Waals surface area (Å²) >= 11 is 0. The van der Waals surface area contributed by atoms with E-state index in [4.69, 9.17) is 9.47 Å². The number of hydrogen-bond donors (Lipinski definition) is 0. The van der Waals surface area contributed by atoms with E-state index in [2.05, 4.69) is 0 Å². The van der Waals surface area contributed by atoms with Gasteiger partial charge < -0.3 is 9.47 Å². The molecule has 104 valence electrons. The Balaban J connectivity index is 2.68. The Kier molecular flexibility index (Phi) is 4.54. The Morgan fingerprint density at radius 2 is 1.89 bits per heavy atom. The minimum absolute atomic E-state index is 0.170. The maximum absolute atomic E-state index is 12.3. The molecule has 0 spiro atoms. The van der Waals surface area contributed by atoms with Gasteiger partial charge in [0.05, 0.1) is 0 Å². The lowest BCUT2D eigenvalue weighted by Gasteiger charge is -2.34. The maximum Gasteiger partial charge on any atom is 0.316 e. The van der Waals surface area contributed by atoms with Crippen LogP contribution < -0.4 is 0 Å². The van der Waals surface area contributed by atoms with Gasteiger partial charge in [-0.2, -0.15) is 0 Å². The summed E-state index contributed by atoms with van der Waals surface area (Å²) in [4.78, 5) is 24.2. The molecule has 0 N–H and O–H groups in total. The summed E-state index contributed by atoms with van der Waals surface area (Å²) in [5.74, 6) is -1.41. The molecule has 0 aromatic carbocycles. The second-order valence-electron chi connectivity index (χ2n) is 6.16. The first-order valence-corrected chi connectivity index (χ1v) is 6.57. The van der Waals surface area contributed by atoms with E-state index in [1.165, 1.54) is 0 Å². The molecule has 0 radical (unpaired) electrons. The summed E-state index contributed by atoms with van der Waals surface area (Å²) in [5, 5.41) is 0. The molecular formula is C14H24O4. The number of hydrogen-bond acceptors (Lipinski definition) is 4. The molecule has 1 aliphatic rings. The molecule has 0 aromatic heterocycles. The van der Waals surface area contributed by atoms with E-state index >= 15 is 0 Å². The fourth-order valence-corrected chi connectivity index (χ4v) is 2.08. The molecule has 0 aliphatic carbocycles. The van der Waals surface area contributed by atoms with Gasteiger partial charge in [-0.15, -0.1) is 0 Å². The number of Topliss-reactive ketones (excluding diaryl/α,β-unsaturated/α-hetero) is 1. The second kappa shape index (κ2) is 5.39. The Hall–Kier alpha value is -0.900. The van der Waals surface area contributed by atoms with Crippen molar-refractivity contribution in [2.45, 2.75) is 65.1 Å². The molecular weight excluding hydrogens is 232 g/mol. The molecule has 1 aliphatic heterocycles. The first kappa shape index (κ1) is 15.2. The molecule has 0 saturated carbocycles. The predicted molar refractivity (Wildman–Crippen MR) is 68.2 cm³/mol. The van der Waals surface area contributed by atoms with Crippen molar-refractivity contribution >= 4 is 11.8 Å². The summed E-state index contributed by atoms with van der Waals surface area (Å²) in [6, 6.07) is 0. The highest BCUT2D eigenvalue weighted by Crippen LogP contribution is 2.28. The van der Waals surface area contributed by atoms with Gasteiger partial charge in [-0.3, -0.25) is 9.59 Å². The van der Waals surface area contributed by atoms with Gasteiger partial charge >= 0.3 is 5.97 Å². The van der Waals surface area contributed by atoms with Crippen molar-refractivity contribution < 1.29 is 19.1 Å². The molecule has 4 heteroatoms. The molecule has 18 heavy (non-hydrogen) atoms. The molecule has 2 unspecified atom stereocenters. The Labute approximate surface area is 109 Å². The number of carbonyl (C=O) groups excluding carboxylic acids is 2. The summed E-state index contributed by atoms with van der Waals surface area (Å²) in [5.41, 5.74) is -1.39. The van der Waals surface area contributed by atoms with Crippen LogP contribution >= 0.6 is 0 Å². The van der Waals surface area contributed by atoms with Crippen molar-refractivity contribution in [3.63, 3.8) is 0 Å². The molecule has 4 nitrogen and oxygen atoms in total. The maximum atomic E-state index is 12.3. The lowest BCUT2D eigenvalue weighted by Crippen LogP contribution is -2.47. The third-order valence-electron chi connectivity index (χ3n) is 3.14. The van der Waals surface area contributed by atoms with Gasteiger partial charge in [0, 0.05) is 6.61 Å². The number of rotatable bonds is 3. The standard InChI is InChI=1S/C14H24O4/c1-10(12(16)18-13(2,3)4)11(15)14(5)8-6-7-9-17-14/h10H,6-9H2,1-5H3. The molecule has 0 aromatic rings. The van der Waals surface area contributed by atoms with Gasteiger partial charge in [0.1, 0.15) is 17.1 Å². The number of carbonyl (C=O) groups is 2. The summed E-state index contributed by atoms with van der Waals surface area (Å²) < 4.78 is 10.8. The topological polar surface area (TPSA) is 52.6 Å². The van der Waals surface area contributed by atoms with Crippen molar-refractivity contribution in [2.75, 3.05) is 6.61 Å². The molecule has 1 saturated heterocycles. The highest BCUT2D eigenvalue weighted by Gasteiger charge is 2.42. The molecule has 0 bridgehead atoms. The molecule has 1 heterocycles. The molecule has 1 rings (SSSR count). The van der Waals surface area contributed by atoms with Gasteiger partial charge in [0.25, 0.3) is 0 Å². The largest absolute Gasteiger partial charge is 0.459 e. The van der Waals surface area contributed by atoms with Crippen molar-refractivity contribution in [3.05, 3.63) is 0 Å². The van der Waals surface area contributed by atoms with Gasteiger partial charge in [-0.1, -0.05) is 0 Å². The van der Waals surface area contributed by atoms with Crippen LogP contribution in [0.3, 0.4) is 0 Å². The zero-order valence-corrected chi connectivity index (χ0v) is 12.0. The van der Waals surface area contributed by atoms with E-state index in [0.717, 1.165) is 12.8 Å². The Morgan fingerprint density at radius 3 is 2.33 bits per heavy atom. The Bertz CT molecular complexity index is 321. The first-order valence-electron chi connectivity index (χ1n) is 6.57. The van der Waals surface area contributed by atoms with E-state index in [-0.39, 0.29) is 5.78 Å². The van der Waals surface area contributed by atoms with Crippen molar-refractivity contribution in [1.29, 1.82) is 0 Å². The van der Waals surface area contributed by atoms with Crippen LogP contribution in [0.1, 0.15) is 53.9 Å². The van der Waals surface area contributed by atoms with Crippen LogP contribution in [-0.4, -0.2) is 29.6 Å². The third-order valence-corrected chi connectivity index (χ3v) is 3.14. The van der Waals surface area contributed by atoms with E-state index < -0.39 is 23.1 Å². The number of ether oxygens (including phenoxy) is 2. The van der Waals surface area contributed by atoms with E-state index in [9.17, 15) is 9.59 Å². The van der Waals surface area contributed by atoms with Gasteiger partial charge in [-0.25, -0.2) is 0 Å². The fourth-order valence-electron chi connectivity index (χ4n) is 2.08. The van der Waals surface area contributed by atoms with Crippen LogP contribution in [0.15, 0.2) is 0 Å². The normalized spacial score (nSPS) is 26.5. The van der Waals surface area contributed by atoms with Gasteiger partial charge in [0.15, 0.2) is 5.78 Å². The third kappa shape index (κ3) is 3.80. The van der Waals surface area contributed by atoms with Crippen LogP contribution in [0, 0.1) is 5.92 Å². The van der Waals surface area contributed by atoms with Crippen LogP contribution in [0.2, 0.25) is 0 Å². The number of ketones is 1. The molecule has 1 fully saturated rings. The van der Waals surface area contributed by atoms with Crippen LogP contribution in [0.4, 0.5) is 0 Å². The average Bonchev–Trinajstić information content (AvgIpc) is 2.25. The summed E-state index contributed by atoms with van der Waals surface area (Å²) in [6.45, 7) is 9.33.